The highest BCUT2D eigenvalue weighted by molar-refractivity contribution is 5.97. The molecule has 0 bridgehead atoms. The molecule has 4 aromatic rings. The van der Waals surface area contributed by atoms with Crippen LogP contribution in [0.4, 0.5) is 0 Å². The van der Waals surface area contributed by atoms with Gasteiger partial charge in [0.15, 0.2) is 0 Å². The zero-order valence-corrected chi connectivity index (χ0v) is 21.0. The molecule has 0 spiro atoms. The maximum Gasteiger partial charge on any atom is 0.329 e. The van der Waals surface area contributed by atoms with Crippen LogP contribution in [0.1, 0.15) is 31.8 Å². The highest BCUT2D eigenvalue weighted by Crippen LogP contribution is 2.10. The Kier molecular flexibility index (Phi) is 9.40. The lowest BCUT2D eigenvalue weighted by Gasteiger charge is -2.22. The number of benzene rings is 4. The van der Waals surface area contributed by atoms with Crippen LogP contribution in [0.2, 0.25) is 0 Å². The topological polar surface area (TPSA) is 84.5 Å². The molecule has 0 aliphatic rings. The first-order chi connectivity index (χ1) is 18.6. The summed E-state index contributed by atoms with van der Waals surface area (Å²) in [6.45, 7) is -0.0429. The molecule has 0 saturated carbocycles. The Bertz CT molecular complexity index is 1310. The fourth-order valence-corrected chi connectivity index (χ4v) is 4.07. The number of ether oxygens (including phenoxy) is 1. The zero-order chi connectivity index (χ0) is 26.6. The van der Waals surface area contributed by atoms with Crippen molar-refractivity contribution in [3.05, 3.63) is 144 Å². The van der Waals surface area contributed by atoms with Crippen LogP contribution in [-0.4, -0.2) is 36.5 Å². The van der Waals surface area contributed by atoms with Crippen LogP contribution in [-0.2, 0) is 22.4 Å². The molecule has 38 heavy (non-hydrogen) atoms. The molecule has 4 aromatic carbocycles. The minimum atomic E-state index is -0.896. The summed E-state index contributed by atoms with van der Waals surface area (Å²) in [5.41, 5.74) is 2.87. The third kappa shape index (κ3) is 7.90. The SMILES string of the molecule is O=C(N[C@@H](COC(=O)[C@H](Cc1ccccc1)NC(=O)c1ccccc1)Cc1ccccc1)c1ccccc1. The fourth-order valence-electron chi connectivity index (χ4n) is 4.07. The van der Waals surface area contributed by atoms with Crippen molar-refractivity contribution < 1.29 is 19.1 Å². The van der Waals surface area contributed by atoms with Gasteiger partial charge in [0, 0.05) is 17.5 Å². The van der Waals surface area contributed by atoms with Gasteiger partial charge >= 0.3 is 5.97 Å². The van der Waals surface area contributed by atoms with E-state index in [1.54, 1.807) is 48.5 Å². The van der Waals surface area contributed by atoms with Gasteiger partial charge in [0.2, 0.25) is 0 Å². The van der Waals surface area contributed by atoms with Gasteiger partial charge in [-0.15, -0.1) is 0 Å². The van der Waals surface area contributed by atoms with Crippen molar-refractivity contribution in [2.45, 2.75) is 24.9 Å². The van der Waals surface area contributed by atoms with E-state index in [2.05, 4.69) is 10.6 Å². The number of hydrogen-bond acceptors (Lipinski definition) is 4. The summed E-state index contributed by atoms with van der Waals surface area (Å²) in [6.07, 6.45) is 0.754. The molecule has 0 unspecified atom stereocenters. The first kappa shape index (κ1) is 26.4. The summed E-state index contributed by atoms with van der Waals surface area (Å²) >= 11 is 0. The lowest BCUT2D eigenvalue weighted by molar-refractivity contribution is -0.146. The smallest absolute Gasteiger partial charge is 0.329 e. The van der Waals surface area contributed by atoms with Crippen molar-refractivity contribution in [2.75, 3.05) is 6.61 Å². The van der Waals surface area contributed by atoms with E-state index in [1.165, 1.54) is 0 Å². The molecule has 0 aromatic heterocycles. The Labute approximate surface area is 222 Å². The second kappa shape index (κ2) is 13.6. The Hall–Kier alpha value is -4.71. The molecule has 0 saturated heterocycles. The van der Waals surface area contributed by atoms with Gasteiger partial charge in [-0.3, -0.25) is 9.59 Å². The van der Waals surface area contributed by atoms with Crippen LogP contribution in [0.3, 0.4) is 0 Å². The highest BCUT2D eigenvalue weighted by atomic mass is 16.5. The van der Waals surface area contributed by atoms with Crippen LogP contribution in [0, 0.1) is 0 Å². The summed E-state index contributed by atoms with van der Waals surface area (Å²) in [4.78, 5) is 39.0. The number of amides is 2. The van der Waals surface area contributed by atoms with Crippen LogP contribution in [0.5, 0.6) is 0 Å². The third-order valence-electron chi connectivity index (χ3n) is 6.03. The minimum Gasteiger partial charge on any atom is -0.462 e. The van der Waals surface area contributed by atoms with E-state index in [9.17, 15) is 14.4 Å². The van der Waals surface area contributed by atoms with E-state index in [-0.39, 0.29) is 24.8 Å². The number of rotatable bonds is 11. The van der Waals surface area contributed by atoms with Gasteiger partial charge in [-0.2, -0.15) is 0 Å². The standard InChI is InChI=1S/C32H30N2O4/c35-30(26-17-9-3-10-18-26)33-28(21-24-13-5-1-6-14-24)23-38-32(37)29(22-25-15-7-2-8-16-25)34-31(36)27-19-11-4-12-20-27/h1-20,28-29H,21-23H2,(H,33,35)(H,34,36)/t28-,29+/m1/s1. The Morgan fingerprint density at radius 3 is 1.47 bits per heavy atom. The second-order valence-electron chi connectivity index (χ2n) is 8.94. The number of esters is 1. The maximum atomic E-state index is 13.3. The number of hydrogen-bond donors (Lipinski definition) is 2. The van der Waals surface area contributed by atoms with Crippen molar-refractivity contribution >= 4 is 17.8 Å². The van der Waals surface area contributed by atoms with E-state index in [4.69, 9.17) is 4.74 Å². The predicted molar refractivity (Wildman–Crippen MR) is 147 cm³/mol. The van der Waals surface area contributed by atoms with E-state index in [0.29, 0.717) is 17.5 Å². The largest absolute Gasteiger partial charge is 0.462 e. The summed E-state index contributed by atoms with van der Waals surface area (Å²) in [5.74, 6) is -1.17. The molecule has 192 valence electrons. The Balaban J connectivity index is 1.47. The third-order valence-corrected chi connectivity index (χ3v) is 6.03. The van der Waals surface area contributed by atoms with E-state index < -0.39 is 18.1 Å². The van der Waals surface area contributed by atoms with Crippen molar-refractivity contribution in [1.82, 2.24) is 10.6 Å². The molecule has 0 heterocycles. The average molecular weight is 507 g/mol. The van der Waals surface area contributed by atoms with Gasteiger partial charge in [-0.05, 0) is 41.8 Å². The van der Waals surface area contributed by atoms with Gasteiger partial charge in [-0.1, -0.05) is 97.1 Å². The Morgan fingerprint density at radius 1 is 0.553 bits per heavy atom. The molecule has 0 aliphatic carbocycles. The molecule has 0 aliphatic heterocycles. The lowest BCUT2D eigenvalue weighted by atomic mass is 10.0. The van der Waals surface area contributed by atoms with Gasteiger partial charge < -0.3 is 15.4 Å². The molecule has 0 radical (unpaired) electrons. The van der Waals surface area contributed by atoms with Crippen molar-refractivity contribution in [2.24, 2.45) is 0 Å². The van der Waals surface area contributed by atoms with Crippen LogP contribution in [0.25, 0.3) is 0 Å². The zero-order valence-electron chi connectivity index (χ0n) is 21.0. The van der Waals surface area contributed by atoms with E-state index in [1.807, 2.05) is 72.8 Å². The predicted octanol–water partition coefficient (Wildman–Crippen LogP) is 4.61. The quantitative estimate of drug-likeness (QED) is 0.291. The molecular formula is C32H30N2O4. The van der Waals surface area contributed by atoms with Gasteiger partial charge in [0.05, 0.1) is 6.04 Å². The van der Waals surface area contributed by atoms with Gasteiger partial charge in [-0.25, -0.2) is 4.79 Å². The molecule has 0 fully saturated rings. The van der Waals surface area contributed by atoms with E-state index in [0.717, 1.165) is 11.1 Å². The van der Waals surface area contributed by atoms with Crippen molar-refractivity contribution in [3.63, 3.8) is 0 Å². The second-order valence-corrected chi connectivity index (χ2v) is 8.94. The fraction of sp³-hybridized carbons (Fsp3) is 0.156. The molecule has 2 amide bonds. The molecular weight excluding hydrogens is 476 g/mol. The van der Waals surface area contributed by atoms with Crippen LogP contribution in [0.15, 0.2) is 121 Å². The number of carbonyl (C=O) groups is 3. The first-order valence-corrected chi connectivity index (χ1v) is 12.5. The first-order valence-electron chi connectivity index (χ1n) is 12.5. The van der Waals surface area contributed by atoms with Crippen LogP contribution >= 0.6 is 0 Å². The van der Waals surface area contributed by atoms with Crippen molar-refractivity contribution in [1.29, 1.82) is 0 Å². The van der Waals surface area contributed by atoms with E-state index >= 15 is 0 Å². The van der Waals surface area contributed by atoms with Crippen LogP contribution < -0.4 is 10.6 Å². The summed E-state index contributed by atoms with van der Waals surface area (Å²) in [6, 6.07) is 35.4. The monoisotopic (exact) mass is 506 g/mol. The lowest BCUT2D eigenvalue weighted by Crippen LogP contribution is -2.46. The summed E-state index contributed by atoms with van der Waals surface area (Å²) in [5, 5.41) is 5.81. The minimum absolute atomic E-state index is 0.0429. The summed E-state index contributed by atoms with van der Waals surface area (Å²) in [7, 11) is 0. The molecule has 6 heteroatoms. The van der Waals surface area contributed by atoms with Crippen molar-refractivity contribution in [3.8, 4) is 0 Å². The molecule has 6 nitrogen and oxygen atoms in total. The molecule has 4 rings (SSSR count). The molecule has 2 N–H and O–H groups in total. The highest BCUT2D eigenvalue weighted by Gasteiger charge is 2.25. The maximum absolute atomic E-state index is 13.3. The normalized spacial score (nSPS) is 12.1. The van der Waals surface area contributed by atoms with Gasteiger partial charge in [0.25, 0.3) is 11.8 Å². The number of nitrogens with one attached hydrogen (secondary N) is 2. The summed E-state index contributed by atoms with van der Waals surface area (Å²) < 4.78 is 5.72. The molecule has 2 atom stereocenters. The average Bonchev–Trinajstić information content (AvgIpc) is 2.97. The Morgan fingerprint density at radius 2 is 0.974 bits per heavy atom. The van der Waals surface area contributed by atoms with Gasteiger partial charge in [0.1, 0.15) is 12.6 Å². The number of carbonyl (C=O) groups excluding carboxylic acids is 3.